The molecule has 2 aromatic heterocycles. The summed E-state index contributed by atoms with van der Waals surface area (Å²) in [4.78, 5) is 40.5. The van der Waals surface area contributed by atoms with Crippen LogP contribution in [0.5, 0.6) is 5.75 Å². The van der Waals surface area contributed by atoms with Gasteiger partial charge in [-0.15, -0.1) is 5.10 Å². The summed E-state index contributed by atoms with van der Waals surface area (Å²) in [5, 5.41) is 17.6. The molecule has 424 valence electrons. The predicted octanol–water partition coefficient (Wildman–Crippen LogP) is 9.17. The lowest BCUT2D eigenvalue weighted by Crippen LogP contribution is -2.46. The Morgan fingerprint density at radius 1 is 0.838 bits per heavy atom. The van der Waals surface area contributed by atoms with Crippen molar-refractivity contribution in [1.29, 1.82) is 0 Å². The number of hydrogen-bond donors (Lipinski definition) is 3. The Morgan fingerprint density at radius 3 is 2.30 bits per heavy atom. The van der Waals surface area contributed by atoms with Crippen LogP contribution in [0.4, 0.5) is 28.8 Å². The second kappa shape index (κ2) is 26.9. The number of nitrogens with one attached hydrogen (secondary N) is 3. The van der Waals surface area contributed by atoms with Gasteiger partial charge in [0.05, 0.1) is 40.0 Å². The average molecular weight is 1150 g/mol. The number of unbranched alkanes of at least 4 members (excludes halogenated alkanes) is 3. The molecule has 0 saturated carbocycles. The summed E-state index contributed by atoms with van der Waals surface area (Å²) < 4.78 is 67.5. The van der Waals surface area contributed by atoms with E-state index in [9.17, 15) is 26.4 Å². The molecule has 22 heteroatoms. The van der Waals surface area contributed by atoms with Gasteiger partial charge in [-0.2, -0.15) is 9.29 Å². The van der Waals surface area contributed by atoms with Crippen LogP contribution in [0.1, 0.15) is 81.0 Å². The number of carbonyl (C=O) groups excluding carboxylic acids is 2. The van der Waals surface area contributed by atoms with E-state index in [1.807, 2.05) is 49.4 Å². The SMILES string of the molecule is CCOC(=O)CC(c1ccc(C)c(CN(C)S(=O)(=O)c2ccccc2)c1)c1cc(OCC(=O)NCCCCCCN2CCN(c3ccc(Nc4ncc(Cl)c(Nc5ccccc5S(=O)(=O)C(C)C)n4)cc3)CC2)c2c(c1)nnn2C. The first-order valence-electron chi connectivity index (χ1n) is 26.9. The van der Waals surface area contributed by atoms with Crippen LogP contribution in [0, 0.1) is 6.92 Å². The molecule has 1 fully saturated rings. The van der Waals surface area contributed by atoms with Crippen molar-refractivity contribution in [1.82, 2.24) is 39.5 Å². The van der Waals surface area contributed by atoms with Crippen LogP contribution >= 0.6 is 11.6 Å². The molecule has 80 heavy (non-hydrogen) atoms. The first-order valence-corrected chi connectivity index (χ1v) is 30.2. The quantitative estimate of drug-likeness (QED) is 0.0340. The Labute approximate surface area is 474 Å². The van der Waals surface area contributed by atoms with Crippen LogP contribution in [-0.4, -0.2) is 128 Å². The number of nitrogens with zero attached hydrogens (tertiary/aromatic N) is 8. The maximum absolute atomic E-state index is 13.5. The van der Waals surface area contributed by atoms with E-state index in [0.717, 1.165) is 86.5 Å². The van der Waals surface area contributed by atoms with Gasteiger partial charge in [-0.25, -0.2) is 26.5 Å². The number of sulfonamides is 1. The molecule has 1 saturated heterocycles. The molecule has 3 N–H and O–H groups in total. The summed E-state index contributed by atoms with van der Waals surface area (Å²) in [5.74, 6) is -0.213. The standard InChI is InChI=1S/C58H70ClN11O8S2/c1-7-77-55(72)36-48(42-22-21-41(4)44(33-42)38-67(5)80(75,76)47-17-11-10-12-18-47)43-34-51-56(68(6)66-65-51)52(35-43)78-39-54(71)60-27-15-8-9-16-28-69-29-31-70(32-30-69)46-25-23-45(24-26-46)62-58-61-37-49(59)57(64-58)63-50-19-13-14-20-53(50)79(73,74)40(2)3/h10-14,17-26,33-35,37,40,48H,7-9,15-16,27-32,36,38-39H2,1-6H3,(H,60,71)(H2,61,62,63,64). The van der Waals surface area contributed by atoms with E-state index in [2.05, 4.69) is 58.2 Å². The Balaban J connectivity index is 0.778. The number of hydrogen-bond acceptors (Lipinski definition) is 16. The molecular formula is C58H70ClN11O8S2. The first-order chi connectivity index (χ1) is 38.4. The minimum absolute atomic E-state index is 0.00574. The fraction of sp³-hybridized carbons (Fsp3) is 0.379. The topological polar surface area (TPSA) is 223 Å². The second-order valence-electron chi connectivity index (χ2n) is 20.1. The number of benzene rings is 5. The van der Waals surface area contributed by atoms with Gasteiger partial charge in [0, 0.05) is 70.7 Å². The van der Waals surface area contributed by atoms with E-state index in [1.165, 1.54) is 10.5 Å². The summed E-state index contributed by atoms with van der Waals surface area (Å²) in [6, 6.07) is 32.5. The molecule has 0 radical (unpaired) electrons. The summed E-state index contributed by atoms with van der Waals surface area (Å²) >= 11 is 6.44. The highest BCUT2D eigenvalue weighted by Crippen LogP contribution is 2.37. The monoisotopic (exact) mass is 1150 g/mol. The number of aryl methyl sites for hydroxylation is 2. The Bertz CT molecular complexity index is 3490. The number of halogens is 1. The highest BCUT2D eigenvalue weighted by Gasteiger charge is 2.27. The molecule has 19 nitrogen and oxygen atoms in total. The molecule has 1 aliphatic rings. The van der Waals surface area contributed by atoms with Gasteiger partial charge in [-0.1, -0.05) is 78.2 Å². The van der Waals surface area contributed by atoms with Crippen molar-refractivity contribution in [2.24, 2.45) is 7.05 Å². The zero-order chi connectivity index (χ0) is 57.0. The number of rotatable bonds is 26. The van der Waals surface area contributed by atoms with Crippen LogP contribution in [-0.2, 0) is 47.8 Å². The molecule has 1 atom stereocenters. The molecule has 1 aliphatic heterocycles. The van der Waals surface area contributed by atoms with Gasteiger partial charge >= 0.3 is 5.97 Å². The number of sulfone groups is 1. The van der Waals surface area contributed by atoms with Gasteiger partial charge in [-0.3, -0.25) is 14.5 Å². The molecule has 5 aromatic carbocycles. The van der Waals surface area contributed by atoms with Crippen LogP contribution < -0.4 is 25.6 Å². The maximum atomic E-state index is 13.5. The van der Waals surface area contributed by atoms with Crippen LogP contribution in [0.3, 0.4) is 0 Å². The first kappa shape index (κ1) is 59.0. The fourth-order valence-corrected chi connectivity index (χ4v) is 12.1. The van der Waals surface area contributed by atoms with Crippen molar-refractivity contribution in [3.8, 4) is 5.75 Å². The number of fused-ring (bicyclic) bond motifs is 1. The van der Waals surface area contributed by atoms with Gasteiger partial charge in [0.15, 0.2) is 22.3 Å². The Kier molecular flexibility index (Phi) is 19.8. The van der Waals surface area contributed by atoms with E-state index in [1.54, 1.807) is 94.1 Å². The molecule has 0 aliphatic carbocycles. The average Bonchev–Trinajstić information content (AvgIpc) is 3.85. The maximum Gasteiger partial charge on any atom is 0.306 e. The molecule has 0 spiro atoms. The fourth-order valence-electron chi connectivity index (χ4n) is 9.54. The summed E-state index contributed by atoms with van der Waals surface area (Å²) in [5.41, 5.74) is 6.56. The summed E-state index contributed by atoms with van der Waals surface area (Å²) in [7, 11) is -4.03. The normalized spacial score (nSPS) is 13.6. The molecule has 8 rings (SSSR count). The predicted molar refractivity (Wildman–Crippen MR) is 312 cm³/mol. The number of aromatic nitrogens is 5. The molecular weight excluding hydrogens is 1080 g/mol. The number of anilines is 5. The largest absolute Gasteiger partial charge is 0.481 e. The lowest BCUT2D eigenvalue weighted by Gasteiger charge is -2.36. The minimum Gasteiger partial charge on any atom is -0.481 e. The number of piperazine rings is 1. The summed E-state index contributed by atoms with van der Waals surface area (Å²) in [6.07, 6.45) is 5.37. The number of amides is 1. The van der Waals surface area contributed by atoms with Crippen molar-refractivity contribution in [2.75, 3.05) is 75.1 Å². The van der Waals surface area contributed by atoms with Gasteiger partial charge in [-0.05, 0) is 130 Å². The van der Waals surface area contributed by atoms with Gasteiger partial charge in [0.1, 0.15) is 21.8 Å². The number of esters is 1. The molecule has 1 amide bonds. The van der Waals surface area contributed by atoms with Gasteiger partial charge in [0.2, 0.25) is 16.0 Å². The molecule has 7 aromatic rings. The van der Waals surface area contributed by atoms with Crippen molar-refractivity contribution in [3.05, 3.63) is 143 Å². The molecule has 3 heterocycles. The van der Waals surface area contributed by atoms with Crippen LogP contribution in [0.2, 0.25) is 5.02 Å². The minimum atomic E-state index is -3.77. The number of ether oxygens (including phenoxy) is 2. The lowest BCUT2D eigenvalue weighted by molar-refractivity contribution is -0.143. The van der Waals surface area contributed by atoms with E-state index in [4.69, 9.17) is 21.1 Å². The van der Waals surface area contributed by atoms with Gasteiger partial charge < -0.3 is 30.3 Å². The summed E-state index contributed by atoms with van der Waals surface area (Å²) in [6.45, 7) is 12.3. The molecule has 0 bridgehead atoms. The van der Waals surface area contributed by atoms with E-state index in [0.29, 0.717) is 40.5 Å². The Morgan fingerprint density at radius 2 is 1.56 bits per heavy atom. The van der Waals surface area contributed by atoms with Crippen molar-refractivity contribution in [2.45, 2.75) is 87.3 Å². The zero-order valence-electron chi connectivity index (χ0n) is 46.1. The van der Waals surface area contributed by atoms with Crippen molar-refractivity contribution < 1.29 is 35.9 Å². The third-order valence-corrected chi connectivity index (χ3v) is 18.4. The highest BCUT2D eigenvalue weighted by atomic mass is 35.5. The Hall–Kier alpha value is -7.17. The van der Waals surface area contributed by atoms with Crippen LogP contribution in [0.25, 0.3) is 11.0 Å². The molecule has 1 unspecified atom stereocenters. The third kappa shape index (κ3) is 14.8. The van der Waals surface area contributed by atoms with E-state index >= 15 is 0 Å². The van der Waals surface area contributed by atoms with E-state index < -0.39 is 37.0 Å². The number of para-hydroxylation sites is 1. The highest BCUT2D eigenvalue weighted by molar-refractivity contribution is 7.92. The van der Waals surface area contributed by atoms with E-state index in [-0.39, 0.29) is 52.7 Å². The zero-order valence-corrected chi connectivity index (χ0v) is 48.5. The van der Waals surface area contributed by atoms with Crippen molar-refractivity contribution >= 4 is 83.2 Å². The second-order valence-corrected chi connectivity index (χ2v) is 25.0. The van der Waals surface area contributed by atoms with Crippen LogP contribution in [0.15, 0.2) is 125 Å². The van der Waals surface area contributed by atoms with Crippen molar-refractivity contribution in [3.63, 3.8) is 0 Å². The third-order valence-electron chi connectivity index (χ3n) is 14.1. The lowest BCUT2D eigenvalue weighted by atomic mass is 9.86. The smallest absolute Gasteiger partial charge is 0.306 e. The van der Waals surface area contributed by atoms with Gasteiger partial charge in [0.25, 0.3) is 5.91 Å². The number of carbonyl (C=O) groups is 2.